The summed E-state index contributed by atoms with van der Waals surface area (Å²) in [6.45, 7) is 1.64. The Balaban J connectivity index is 1.33. The summed E-state index contributed by atoms with van der Waals surface area (Å²) < 4.78 is 31.8. The fourth-order valence-electron chi connectivity index (χ4n) is 4.92. The van der Waals surface area contributed by atoms with Gasteiger partial charge >= 0.3 is 6.03 Å². The third-order valence-electron chi connectivity index (χ3n) is 6.72. The Morgan fingerprint density at radius 3 is 2.74 bits per heavy atom. The molecule has 166 valence electrons. The summed E-state index contributed by atoms with van der Waals surface area (Å²) in [4.78, 5) is 12.3. The molecule has 0 radical (unpaired) electrons. The average Bonchev–Trinajstić information content (AvgIpc) is 3.11. The number of fused-ring (bicyclic) bond motifs is 1. The van der Waals surface area contributed by atoms with Crippen molar-refractivity contribution >= 4 is 33.2 Å². The van der Waals surface area contributed by atoms with Crippen LogP contribution in [0, 0.1) is 5.41 Å². The first-order valence-electron chi connectivity index (χ1n) is 10.4. The molecule has 8 nitrogen and oxygen atoms in total. The molecule has 2 aromatic rings. The Bertz CT molecular complexity index is 1130. The first-order valence-corrected chi connectivity index (χ1v) is 12.3. The summed E-state index contributed by atoms with van der Waals surface area (Å²) in [5.74, 6) is 0.201. The number of amides is 2. The Hall–Kier alpha value is -2.23. The standard InChI is InChI=1S/C21H24ClN3O5S/c22-14-4-5-15(24-20(27)25-16-3-1-2-12-6-7-30-18(12)16)17(26)19(14)31(28,29)13-8-21(9-13)10-23-11-21/h4-7,13,16,23,26H,1-3,8-11H2,(H2,24,25,27)/t16-/m1/s1. The fraction of sp³-hybridized carbons (Fsp3) is 0.476. The van der Waals surface area contributed by atoms with Crippen molar-refractivity contribution in [3.63, 3.8) is 0 Å². The van der Waals surface area contributed by atoms with Crippen molar-refractivity contribution in [2.75, 3.05) is 18.4 Å². The smallest absolute Gasteiger partial charge is 0.319 e. The lowest BCUT2D eigenvalue weighted by Gasteiger charge is -2.53. The average molecular weight is 466 g/mol. The number of urea groups is 1. The molecule has 5 rings (SSSR count). The van der Waals surface area contributed by atoms with Crippen molar-refractivity contribution in [3.05, 3.63) is 40.8 Å². The predicted molar refractivity (Wildman–Crippen MR) is 115 cm³/mol. The van der Waals surface area contributed by atoms with E-state index in [1.807, 2.05) is 6.07 Å². The number of aromatic hydroxyl groups is 1. The minimum atomic E-state index is -3.83. The fourth-order valence-corrected chi connectivity index (χ4v) is 7.59. The predicted octanol–water partition coefficient (Wildman–Crippen LogP) is 3.36. The van der Waals surface area contributed by atoms with Gasteiger partial charge in [-0.3, -0.25) is 0 Å². The number of nitrogens with one attached hydrogen (secondary N) is 3. The van der Waals surface area contributed by atoms with E-state index in [0.29, 0.717) is 12.8 Å². The molecule has 2 aliphatic carbocycles. The van der Waals surface area contributed by atoms with Crippen LogP contribution >= 0.6 is 11.6 Å². The van der Waals surface area contributed by atoms with Crippen LogP contribution in [0.1, 0.15) is 43.0 Å². The third-order valence-corrected chi connectivity index (χ3v) is 9.34. The zero-order valence-corrected chi connectivity index (χ0v) is 18.4. The molecule has 1 aliphatic heterocycles. The van der Waals surface area contributed by atoms with E-state index in [1.54, 1.807) is 6.26 Å². The van der Waals surface area contributed by atoms with Crippen molar-refractivity contribution in [2.45, 2.75) is 48.3 Å². The number of phenols is 1. The summed E-state index contributed by atoms with van der Waals surface area (Å²) in [5.41, 5.74) is 1.12. The van der Waals surface area contributed by atoms with Crippen molar-refractivity contribution in [3.8, 4) is 5.75 Å². The van der Waals surface area contributed by atoms with E-state index in [0.717, 1.165) is 43.7 Å². The number of sulfone groups is 1. The summed E-state index contributed by atoms with van der Waals surface area (Å²) in [6.07, 6.45) is 5.26. The highest BCUT2D eigenvalue weighted by molar-refractivity contribution is 7.92. The number of hydrogen-bond donors (Lipinski definition) is 4. The third kappa shape index (κ3) is 3.48. The van der Waals surface area contributed by atoms with E-state index >= 15 is 0 Å². The van der Waals surface area contributed by atoms with Gasteiger partial charge in [-0.2, -0.15) is 0 Å². The summed E-state index contributed by atoms with van der Waals surface area (Å²) in [7, 11) is -3.83. The van der Waals surface area contributed by atoms with Gasteiger partial charge in [0, 0.05) is 13.1 Å². The number of carbonyl (C=O) groups excluding carboxylic acids is 1. The van der Waals surface area contributed by atoms with E-state index in [9.17, 15) is 18.3 Å². The van der Waals surface area contributed by atoms with Gasteiger partial charge in [-0.1, -0.05) is 11.6 Å². The Kier molecular flexibility index (Phi) is 4.95. The zero-order valence-electron chi connectivity index (χ0n) is 16.8. The number of rotatable bonds is 4. The van der Waals surface area contributed by atoms with Crippen LogP contribution in [0.25, 0.3) is 0 Å². The Morgan fingerprint density at radius 1 is 1.26 bits per heavy atom. The number of aryl methyl sites for hydroxylation is 1. The summed E-state index contributed by atoms with van der Waals surface area (Å²) >= 11 is 6.17. The lowest BCUT2D eigenvalue weighted by atomic mass is 9.64. The molecule has 2 amide bonds. The van der Waals surface area contributed by atoms with Crippen molar-refractivity contribution in [1.29, 1.82) is 0 Å². The molecule has 3 aliphatic rings. The Morgan fingerprint density at radius 2 is 2.03 bits per heavy atom. The number of carbonyl (C=O) groups is 1. The highest BCUT2D eigenvalue weighted by Gasteiger charge is 2.54. The van der Waals surface area contributed by atoms with Crippen LogP contribution < -0.4 is 16.0 Å². The first-order chi connectivity index (χ1) is 14.8. The van der Waals surface area contributed by atoms with Crippen LogP contribution in [0.15, 0.2) is 33.8 Å². The SMILES string of the molecule is O=C(Nc1ccc(Cl)c(S(=O)(=O)C2CC3(CNC3)C2)c1O)N[C@@H]1CCCc2ccoc21. The number of halogens is 1. The van der Waals surface area contributed by atoms with Crippen molar-refractivity contribution in [2.24, 2.45) is 5.41 Å². The second-order valence-corrected chi connectivity index (χ2v) is 11.4. The van der Waals surface area contributed by atoms with Crippen LogP contribution in [0.3, 0.4) is 0 Å². The maximum absolute atomic E-state index is 13.1. The van der Waals surface area contributed by atoms with Gasteiger partial charge in [-0.05, 0) is 61.3 Å². The molecule has 1 aromatic carbocycles. The van der Waals surface area contributed by atoms with Crippen LogP contribution in [0.2, 0.25) is 5.02 Å². The van der Waals surface area contributed by atoms with Gasteiger partial charge in [0.05, 0.1) is 28.3 Å². The van der Waals surface area contributed by atoms with E-state index < -0.39 is 26.9 Å². The van der Waals surface area contributed by atoms with Gasteiger partial charge in [-0.25, -0.2) is 13.2 Å². The molecule has 1 atom stereocenters. The van der Waals surface area contributed by atoms with Crippen molar-refractivity contribution < 1.29 is 22.7 Å². The zero-order chi connectivity index (χ0) is 21.8. The van der Waals surface area contributed by atoms with Crippen LogP contribution in [-0.2, 0) is 16.3 Å². The molecule has 1 spiro atoms. The highest BCUT2D eigenvalue weighted by Crippen LogP contribution is 2.51. The molecule has 10 heteroatoms. The molecule has 2 fully saturated rings. The van der Waals surface area contributed by atoms with Gasteiger partial charge in [0.1, 0.15) is 10.7 Å². The largest absolute Gasteiger partial charge is 0.504 e. The molecule has 31 heavy (non-hydrogen) atoms. The first kappa shape index (κ1) is 20.7. The number of furan rings is 1. The lowest BCUT2D eigenvalue weighted by molar-refractivity contribution is 0.0640. The molecular weight excluding hydrogens is 442 g/mol. The Labute approximate surface area is 185 Å². The maximum Gasteiger partial charge on any atom is 0.319 e. The van der Waals surface area contributed by atoms with E-state index in [1.165, 1.54) is 12.1 Å². The molecular formula is C21H24ClN3O5S. The highest BCUT2D eigenvalue weighted by atomic mass is 35.5. The number of anilines is 1. The van der Waals surface area contributed by atoms with Crippen LogP contribution in [0.4, 0.5) is 10.5 Å². The quantitative estimate of drug-likeness (QED) is 0.514. The lowest BCUT2D eigenvalue weighted by Crippen LogP contribution is -2.63. The van der Waals surface area contributed by atoms with E-state index in [-0.39, 0.29) is 27.1 Å². The van der Waals surface area contributed by atoms with Gasteiger partial charge in [0.25, 0.3) is 0 Å². The molecule has 0 bridgehead atoms. The molecule has 1 aromatic heterocycles. The van der Waals surface area contributed by atoms with Crippen molar-refractivity contribution in [1.82, 2.24) is 10.6 Å². The molecule has 1 saturated carbocycles. The maximum atomic E-state index is 13.1. The molecule has 2 heterocycles. The number of benzene rings is 1. The van der Waals surface area contributed by atoms with Gasteiger partial charge in [0.2, 0.25) is 0 Å². The molecule has 0 unspecified atom stereocenters. The summed E-state index contributed by atoms with van der Waals surface area (Å²) in [5, 5.41) is 18.7. The van der Waals surface area contributed by atoms with Gasteiger partial charge in [0.15, 0.2) is 15.6 Å². The topological polar surface area (TPSA) is 121 Å². The summed E-state index contributed by atoms with van der Waals surface area (Å²) in [6, 6.07) is 3.84. The van der Waals surface area contributed by atoms with Crippen LogP contribution in [-0.4, -0.2) is 37.9 Å². The monoisotopic (exact) mass is 465 g/mol. The normalized spacial score (nSPS) is 22.3. The van der Waals surface area contributed by atoms with Gasteiger partial charge in [-0.15, -0.1) is 0 Å². The van der Waals surface area contributed by atoms with Gasteiger partial charge < -0.3 is 25.5 Å². The molecule has 4 N–H and O–H groups in total. The number of hydrogen-bond acceptors (Lipinski definition) is 6. The van der Waals surface area contributed by atoms with E-state index in [4.69, 9.17) is 16.0 Å². The minimum Gasteiger partial charge on any atom is -0.504 e. The number of phenolic OH excluding ortho intramolecular Hbond substituents is 1. The van der Waals surface area contributed by atoms with E-state index in [2.05, 4.69) is 16.0 Å². The van der Waals surface area contributed by atoms with Crippen LogP contribution in [0.5, 0.6) is 5.75 Å². The molecule has 1 saturated heterocycles. The second kappa shape index (κ2) is 7.43. The second-order valence-electron chi connectivity index (χ2n) is 8.80. The minimum absolute atomic E-state index is 0.00435.